The molecule has 3 N–H and O–H groups in total. The van der Waals surface area contributed by atoms with Crippen molar-refractivity contribution >= 4 is 16.9 Å². The predicted molar refractivity (Wildman–Crippen MR) is 96.4 cm³/mol. The van der Waals surface area contributed by atoms with E-state index in [1.807, 2.05) is 69.3 Å². The number of rotatable bonds is 4. The van der Waals surface area contributed by atoms with Gasteiger partial charge in [0.25, 0.3) is 5.91 Å². The molecule has 1 heterocycles. The standard InChI is InChI=1S/C19H22N4O/c1-13-21-16-11-14(18(24)22-19(2,3)12-20)9-10-17(16)23(13)15-7-5-4-6-8-15/h4-11H,12,20H2,1-3H3,(H,22,24). The van der Waals surface area contributed by atoms with Gasteiger partial charge in [-0.15, -0.1) is 0 Å². The first-order valence-corrected chi connectivity index (χ1v) is 7.98. The Balaban J connectivity index is 2.01. The summed E-state index contributed by atoms with van der Waals surface area (Å²) in [5.74, 6) is 0.746. The Labute approximate surface area is 141 Å². The summed E-state index contributed by atoms with van der Waals surface area (Å²) < 4.78 is 2.08. The van der Waals surface area contributed by atoms with Gasteiger partial charge in [-0.05, 0) is 51.1 Å². The van der Waals surface area contributed by atoms with Gasteiger partial charge < -0.3 is 11.1 Å². The maximum atomic E-state index is 12.4. The molecule has 124 valence electrons. The molecular formula is C19H22N4O. The Hall–Kier alpha value is -2.66. The maximum Gasteiger partial charge on any atom is 0.251 e. The molecule has 24 heavy (non-hydrogen) atoms. The number of nitrogens with one attached hydrogen (secondary N) is 1. The molecule has 0 atom stereocenters. The Kier molecular flexibility index (Phi) is 4.11. The van der Waals surface area contributed by atoms with Crippen LogP contribution in [0.4, 0.5) is 0 Å². The Morgan fingerprint density at radius 2 is 1.92 bits per heavy atom. The number of fused-ring (bicyclic) bond motifs is 1. The van der Waals surface area contributed by atoms with Crippen LogP contribution in [0, 0.1) is 6.92 Å². The molecule has 0 aliphatic heterocycles. The molecule has 1 aromatic heterocycles. The lowest BCUT2D eigenvalue weighted by Gasteiger charge is -2.24. The van der Waals surface area contributed by atoms with Gasteiger partial charge in [0.15, 0.2) is 0 Å². The highest BCUT2D eigenvalue weighted by Gasteiger charge is 2.20. The molecule has 1 amide bonds. The highest BCUT2D eigenvalue weighted by molar-refractivity contribution is 5.98. The molecule has 0 fully saturated rings. The van der Waals surface area contributed by atoms with Crippen molar-refractivity contribution in [3.8, 4) is 5.69 Å². The number of hydrogen-bond acceptors (Lipinski definition) is 3. The average molecular weight is 322 g/mol. The van der Waals surface area contributed by atoms with Crippen molar-refractivity contribution < 1.29 is 4.79 Å². The summed E-state index contributed by atoms with van der Waals surface area (Å²) in [7, 11) is 0. The lowest BCUT2D eigenvalue weighted by Crippen LogP contribution is -2.48. The third-order valence-corrected chi connectivity index (χ3v) is 4.06. The Morgan fingerprint density at radius 3 is 2.58 bits per heavy atom. The van der Waals surface area contributed by atoms with Crippen molar-refractivity contribution in [2.45, 2.75) is 26.3 Å². The van der Waals surface area contributed by atoms with Gasteiger partial charge in [0.2, 0.25) is 0 Å². The number of carbonyl (C=O) groups is 1. The summed E-state index contributed by atoms with van der Waals surface area (Å²) in [6.07, 6.45) is 0. The van der Waals surface area contributed by atoms with E-state index in [4.69, 9.17) is 5.73 Å². The van der Waals surface area contributed by atoms with Crippen LogP contribution in [0.5, 0.6) is 0 Å². The van der Waals surface area contributed by atoms with Crippen molar-refractivity contribution in [2.24, 2.45) is 5.73 Å². The number of aromatic nitrogens is 2. The molecule has 0 spiro atoms. The fourth-order valence-corrected chi connectivity index (χ4v) is 2.68. The van der Waals surface area contributed by atoms with Crippen LogP contribution < -0.4 is 11.1 Å². The van der Waals surface area contributed by atoms with E-state index in [-0.39, 0.29) is 5.91 Å². The number of amides is 1. The van der Waals surface area contributed by atoms with E-state index in [0.717, 1.165) is 22.5 Å². The van der Waals surface area contributed by atoms with Crippen LogP contribution in [0.2, 0.25) is 0 Å². The summed E-state index contributed by atoms with van der Waals surface area (Å²) in [6, 6.07) is 15.6. The van der Waals surface area contributed by atoms with E-state index >= 15 is 0 Å². The lowest BCUT2D eigenvalue weighted by atomic mass is 10.1. The van der Waals surface area contributed by atoms with Crippen LogP contribution >= 0.6 is 0 Å². The zero-order chi connectivity index (χ0) is 17.3. The summed E-state index contributed by atoms with van der Waals surface area (Å²) in [6.45, 7) is 6.14. The third-order valence-electron chi connectivity index (χ3n) is 4.06. The van der Waals surface area contributed by atoms with E-state index in [2.05, 4.69) is 14.9 Å². The first-order valence-electron chi connectivity index (χ1n) is 7.98. The van der Waals surface area contributed by atoms with Gasteiger partial charge in [-0.2, -0.15) is 0 Å². The largest absolute Gasteiger partial charge is 0.346 e. The van der Waals surface area contributed by atoms with Gasteiger partial charge in [-0.25, -0.2) is 4.98 Å². The molecule has 0 aliphatic rings. The highest BCUT2D eigenvalue weighted by atomic mass is 16.1. The monoisotopic (exact) mass is 322 g/mol. The highest BCUT2D eigenvalue weighted by Crippen LogP contribution is 2.22. The van der Waals surface area contributed by atoms with Gasteiger partial charge in [0.1, 0.15) is 5.82 Å². The Morgan fingerprint density at radius 1 is 1.21 bits per heavy atom. The zero-order valence-electron chi connectivity index (χ0n) is 14.2. The number of hydrogen-bond donors (Lipinski definition) is 2. The molecule has 2 aromatic carbocycles. The minimum absolute atomic E-state index is 0.140. The van der Waals surface area contributed by atoms with Crippen molar-refractivity contribution in [3.05, 3.63) is 59.9 Å². The average Bonchev–Trinajstić information content (AvgIpc) is 2.90. The van der Waals surface area contributed by atoms with E-state index in [0.29, 0.717) is 12.1 Å². The number of para-hydroxylation sites is 1. The molecular weight excluding hydrogens is 300 g/mol. The van der Waals surface area contributed by atoms with Gasteiger partial charge >= 0.3 is 0 Å². The fraction of sp³-hybridized carbons (Fsp3) is 0.263. The SMILES string of the molecule is Cc1nc2cc(C(=O)NC(C)(C)CN)ccc2n1-c1ccccc1. The van der Waals surface area contributed by atoms with Crippen LogP contribution in [-0.2, 0) is 0 Å². The normalized spacial score (nSPS) is 11.7. The van der Waals surface area contributed by atoms with E-state index in [9.17, 15) is 4.79 Å². The van der Waals surface area contributed by atoms with Gasteiger partial charge in [0.05, 0.1) is 11.0 Å². The maximum absolute atomic E-state index is 12.4. The second-order valence-corrected chi connectivity index (χ2v) is 6.58. The number of imidazole rings is 1. The molecule has 3 aromatic rings. The van der Waals surface area contributed by atoms with Gasteiger partial charge in [-0.1, -0.05) is 18.2 Å². The van der Waals surface area contributed by atoms with Gasteiger partial charge in [-0.3, -0.25) is 9.36 Å². The molecule has 0 aliphatic carbocycles. The minimum Gasteiger partial charge on any atom is -0.346 e. The molecule has 0 unspecified atom stereocenters. The van der Waals surface area contributed by atoms with E-state index in [1.165, 1.54) is 0 Å². The van der Waals surface area contributed by atoms with Crippen LogP contribution in [0.1, 0.15) is 30.0 Å². The van der Waals surface area contributed by atoms with Crippen molar-refractivity contribution in [3.63, 3.8) is 0 Å². The van der Waals surface area contributed by atoms with Crippen LogP contribution in [0.25, 0.3) is 16.7 Å². The summed E-state index contributed by atoms with van der Waals surface area (Å²) in [5, 5.41) is 2.94. The lowest BCUT2D eigenvalue weighted by molar-refractivity contribution is 0.0916. The van der Waals surface area contributed by atoms with E-state index < -0.39 is 5.54 Å². The van der Waals surface area contributed by atoms with Crippen LogP contribution in [-0.4, -0.2) is 27.5 Å². The van der Waals surface area contributed by atoms with E-state index in [1.54, 1.807) is 0 Å². The zero-order valence-corrected chi connectivity index (χ0v) is 14.2. The van der Waals surface area contributed by atoms with Crippen molar-refractivity contribution in [2.75, 3.05) is 6.54 Å². The molecule has 0 radical (unpaired) electrons. The van der Waals surface area contributed by atoms with Gasteiger partial charge in [0, 0.05) is 23.3 Å². The Bertz CT molecular complexity index is 881. The number of aryl methyl sites for hydroxylation is 1. The quantitative estimate of drug-likeness (QED) is 0.776. The summed E-state index contributed by atoms with van der Waals surface area (Å²) >= 11 is 0. The number of nitrogens with zero attached hydrogens (tertiary/aromatic N) is 2. The number of benzene rings is 2. The second kappa shape index (κ2) is 6.09. The fourth-order valence-electron chi connectivity index (χ4n) is 2.68. The number of carbonyl (C=O) groups excluding carboxylic acids is 1. The topological polar surface area (TPSA) is 72.9 Å². The van der Waals surface area contributed by atoms with Crippen molar-refractivity contribution in [1.82, 2.24) is 14.9 Å². The smallest absolute Gasteiger partial charge is 0.251 e. The first kappa shape index (κ1) is 16.2. The molecule has 3 rings (SSSR count). The number of nitrogens with two attached hydrogens (primary N) is 1. The first-order chi connectivity index (χ1) is 11.4. The second-order valence-electron chi connectivity index (χ2n) is 6.58. The van der Waals surface area contributed by atoms with Crippen LogP contribution in [0.3, 0.4) is 0 Å². The molecule has 5 heteroatoms. The molecule has 5 nitrogen and oxygen atoms in total. The summed E-state index contributed by atoms with van der Waals surface area (Å²) in [4.78, 5) is 17.0. The third kappa shape index (κ3) is 3.03. The molecule has 0 saturated carbocycles. The molecule has 0 bridgehead atoms. The molecule has 0 saturated heterocycles. The summed E-state index contributed by atoms with van der Waals surface area (Å²) in [5.41, 5.74) is 8.66. The predicted octanol–water partition coefficient (Wildman–Crippen LogP) is 2.80. The van der Waals surface area contributed by atoms with Crippen molar-refractivity contribution in [1.29, 1.82) is 0 Å². The minimum atomic E-state index is -0.439. The van der Waals surface area contributed by atoms with Crippen LogP contribution in [0.15, 0.2) is 48.5 Å².